The standard InChI is InChI=1S/C21H21ClN2O3S2/c1-14(17-4-2-3-5-18(17)22)27-21(25)23-19-12-26-24-20(19)16-8-6-15(7-9-16)13-29-11-10-28/h2-9,12,14,28H,10-11,13H2,1H3,(H,23,25). The van der Waals surface area contributed by atoms with E-state index < -0.39 is 12.2 Å². The number of nitrogens with zero attached hydrogens (tertiary/aromatic N) is 1. The summed E-state index contributed by atoms with van der Waals surface area (Å²) in [6.45, 7) is 1.76. The first kappa shape index (κ1) is 21.6. The fraction of sp³-hybridized carbons (Fsp3) is 0.238. The van der Waals surface area contributed by atoms with Crippen LogP contribution < -0.4 is 5.32 Å². The van der Waals surface area contributed by atoms with Crippen molar-refractivity contribution in [2.75, 3.05) is 16.8 Å². The monoisotopic (exact) mass is 448 g/mol. The molecule has 1 heterocycles. The van der Waals surface area contributed by atoms with Crippen LogP contribution in [-0.4, -0.2) is 22.8 Å². The molecule has 0 saturated carbocycles. The van der Waals surface area contributed by atoms with Gasteiger partial charge in [-0.25, -0.2) is 4.79 Å². The Balaban J connectivity index is 1.64. The lowest BCUT2D eigenvalue weighted by Gasteiger charge is -2.15. The number of thiol groups is 1. The molecule has 1 amide bonds. The summed E-state index contributed by atoms with van der Waals surface area (Å²) in [5.41, 5.74) is 3.78. The van der Waals surface area contributed by atoms with Gasteiger partial charge >= 0.3 is 6.09 Å². The fourth-order valence-electron chi connectivity index (χ4n) is 2.72. The smallest absolute Gasteiger partial charge is 0.412 e. The zero-order valence-electron chi connectivity index (χ0n) is 15.8. The second-order valence-corrected chi connectivity index (χ2v) is 8.20. The van der Waals surface area contributed by atoms with E-state index >= 15 is 0 Å². The van der Waals surface area contributed by atoms with Crippen LogP contribution in [0.4, 0.5) is 10.5 Å². The predicted molar refractivity (Wildman–Crippen MR) is 122 cm³/mol. The Bertz CT molecular complexity index is 947. The molecule has 0 saturated heterocycles. The summed E-state index contributed by atoms with van der Waals surface area (Å²) < 4.78 is 10.5. The molecule has 0 aliphatic heterocycles. The van der Waals surface area contributed by atoms with Crippen LogP contribution in [0.2, 0.25) is 5.02 Å². The number of amides is 1. The van der Waals surface area contributed by atoms with E-state index in [4.69, 9.17) is 20.9 Å². The number of rotatable bonds is 8. The van der Waals surface area contributed by atoms with Gasteiger partial charge in [0.1, 0.15) is 23.7 Å². The first-order chi connectivity index (χ1) is 14.1. The van der Waals surface area contributed by atoms with Crippen molar-refractivity contribution in [1.29, 1.82) is 0 Å². The lowest BCUT2D eigenvalue weighted by atomic mass is 10.1. The van der Waals surface area contributed by atoms with E-state index in [9.17, 15) is 4.79 Å². The van der Waals surface area contributed by atoms with E-state index in [1.54, 1.807) is 13.0 Å². The van der Waals surface area contributed by atoms with Gasteiger partial charge < -0.3 is 9.26 Å². The summed E-state index contributed by atoms with van der Waals surface area (Å²) in [6, 6.07) is 15.2. The molecule has 0 aliphatic carbocycles. The van der Waals surface area contributed by atoms with Crippen molar-refractivity contribution in [3.8, 4) is 11.3 Å². The van der Waals surface area contributed by atoms with Gasteiger partial charge in [0, 0.05) is 27.7 Å². The average molecular weight is 449 g/mol. The largest absolute Gasteiger partial charge is 0.441 e. The molecule has 0 fully saturated rings. The van der Waals surface area contributed by atoms with Gasteiger partial charge in [-0.15, -0.1) is 0 Å². The summed E-state index contributed by atoms with van der Waals surface area (Å²) in [5, 5.41) is 7.25. The first-order valence-corrected chi connectivity index (χ1v) is 11.2. The second-order valence-electron chi connectivity index (χ2n) is 6.24. The number of carbonyl (C=O) groups excluding carboxylic acids is 1. The molecular weight excluding hydrogens is 428 g/mol. The Morgan fingerprint density at radius 2 is 2.03 bits per heavy atom. The van der Waals surface area contributed by atoms with Gasteiger partial charge in [0.25, 0.3) is 0 Å². The van der Waals surface area contributed by atoms with Gasteiger partial charge in [-0.3, -0.25) is 5.32 Å². The highest BCUT2D eigenvalue weighted by molar-refractivity contribution is 7.99. The van der Waals surface area contributed by atoms with Gasteiger partial charge in [-0.05, 0) is 24.3 Å². The van der Waals surface area contributed by atoms with Gasteiger partial charge in [0.15, 0.2) is 0 Å². The maximum absolute atomic E-state index is 12.3. The average Bonchev–Trinajstić information content (AvgIpc) is 3.17. The zero-order chi connectivity index (χ0) is 20.6. The van der Waals surface area contributed by atoms with E-state index in [0.29, 0.717) is 16.4 Å². The van der Waals surface area contributed by atoms with Crippen LogP contribution in [0.25, 0.3) is 11.3 Å². The van der Waals surface area contributed by atoms with E-state index in [1.807, 2.05) is 54.2 Å². The molecule has 0 aliphatic rings. The Morgan fingerprint density at radius 1 is 1.28 bits per heavy atom. The zero-order valence-corrected chi connectivity index (χ0v) is 18.3. The minimum absolute atomic E-state index is 0.443. The Kier molecular flexibility index (Phi) is 7.91. The predicted octanol–water partition coefficient (Wildman–Crippen LogP) is 6.47. The van der Waals surface area contributed by atoms with Crippen LogP contribution in [0, 0.1) is 0 Å². The number of nitrogens with one attached hydrogen (secondary N) is 1. The molecule has 8 heteroatoms. The Morgan fingerprint density at radius 3 is 2.76 bits per heavy atom. The van der Waals surface area contributed by atoms with Crippen LogP contribution in [-0.2, 0) is 10.5 Å². The van der Waals surface area contributed by atoms with Crippen molar-refractivity contribution < 1.29 is 14.1 Å². The van der Waals surface area contributed by atoms with Gasteiger partial charge in [-0.2, -0.15) is 24.4 Å². The topological polar surface area (TPSA) is 64.4 Å². The number of anilines is 1. The molecule has 29 heavy (non-hydrogen) atoms. The summed E-state index contributed by atoms with van der Waals surface area (Å²) in [4.78, 5) is 12.3. The third kappa shape index (κ3) is 5.95. The Hall–Kier alpha value is -2.09. The van der Waals surface area contributed by atoms with E-state index in [1.165, 1.54) is 11.8 Å². The van der Waals surface area contributed by atoms with Gasteiger partial charge in [0.05, 0.1) is 0 Å². The molecule has 3 aromatic rings. The number of hydrogen-bond donors (Lipinski definition) is 2. The minimum Gasteiger partial charge on any atom is -0.441 e. The van der Waals surface area contributed by atoms with Crippen molar-refractivity contribution in [2.24, 2.45) is 0 Å². The fourth-order valence-corrected chi connectivity index (χ4v) is 4.09. The molecule has 1 N–H and O–H groups in total. The van der Waals surface area contributed by atoms with Gasteiger partial charge in [-0.1, -0.05) is 59.2 Å². The van der Waals surface area contributed by atoms with E-state index in [-0.39, 0.29) is 0 Å². The van der Waals surface area contributed by atoms with Crippen LogP contribution in [0.1, 0.15) is 24.2 Å². The molecule has 2 aromatic carbocycles. The first-order valence-electron chi connectivity index (χ1n) is 9.03. The molecule has 1 unspecified atom stereocenters. The molecular formula is C21H21ClN2O3S2. The highest BCUT2D eigenvalue weighted by Crippen LogP contribution is 2.29. The quantitative estimate of drug-likeness (QED) is 0.305. The van der Waals surface area contributed by atoms with Gasteiger partial charge in [0.2, 0.25) is 0 Å². The summed E-state index contributed by atoms with van der Waals surface area (Å²) in [5.74, 6) is 2.80. The molecule has 1 atom stereocenters. The second kappa shape index (κ2) is 10.6. The van der Waals surface area contributed by atoms with Crippen molar-refractivity contribution in [3.05, 3.63) is 70.9 Å². The molecule has 3 rings (SSSR count). The normalized spacial score (nSPS) is 11.8. The number of aromatic nitrogens is 1. The van der Waals surface area contributed by atoms with E-state index in [0.717, 1.165) is 28.4 Å². The van der Waals surface area contributed by atoms with E-state index in [2.05, 4.69) is 23.1 Å². The maximum atomic E-state index is 12.3. The molecule has 0 radical (unpaired) electrons. The lowest BCUT2D eigenvalue weighted by Crippen LogP contribution is -2.16. The van der Waals surface area contributed by atoms with Crippen LogP contribution >= 0.6 is 36.0 Å². The highest BCUT2D eigenvalue weighted by atomic mass is 35.5. The number of benzene rings is 2. The SMILES string of the molecule is CC(OC(=O)Nc1conc1-c1ccc(CSCCS)cc1)c1ccccc1Cl. The number of thioether (sulfide) groups is 1. The van der Waals surface area contributed by atoms with Crippen LogP contribution in [0.3, 0.4) is 0 Å². The lowest BCUT2D eigenvalue weighted by molar-refractivity contribution is 0.121. The molecule has 1 aromatic heterocycles. The molecule has 152 valence electrons. The Labute approximate surface area is 184 Å². The summed E-state index contributed by atoms with van der Waals surface area (Å²) in [7, 11) is 0. The third-order valence-electron chi connectivity index (χ3n) is 4.17. The van der Waals surface area contributed by atoms with Crippen molar-refractivity contribution in [1.82, 2.24) is 5.16 Å². The van der Waals surface area contributed by atoms with Crippen LogP contribution in [0.15, 0.2) is 59.3 Å². The van der Waals surface area contributed by atoms with Crippen molar-refractivity contribution in [2.45, 2.75) is 18.8 Å². The summed E-state index contributed by atoms with van der Waals surface area (Å²) >= 11 is 12.2. The van der Waals surface area contributed by atoms with Crippen molar-refractivity contribution in [3.63, 3.8) is 0 Å². The maximum Gasteiger partial charge on any atom is 0.412 e. The number of hydrogen-bond acceptors (Lipinski definition) is 6. The summed E-state index contributed by atoms with van der Waals surface area (Å²) in [6.07, 6.45) is 0.274. The highest BCUT2D eigenvalue weighted by Gasteiger charge is 2.18. The third-order valence-corrected chi connectivity index (χ3v) is 6.07. The van der Waals surface area contributed by atoms with Crippen molar-refractivity contribution >= 4 is 47.8 Å². The number of halogens is 1. The molecule has 0 spiro atoms. The van der Waals surface area contributed by atoms with Crippen LogP contribution in [0.5, 0.6) is 0 Å². The number of ether oxygens (including phenoxy) is 1. The number of carbonyl (C=O) groups is 1. The molecule has 0 bridgehead atoms. The molecule has 5 nitrogen and oxygen atoms in total. The minimum atomic E-state index is -0.610.